The molecule has 9 heteroatoms. The van der Waals surface area contributed by atoms with Crippen molar-refractivity contribution in [1.82, 2.24) is 14.7 Å². The number of carbonyl (C=O) groups excluding carboxylic acids is 2. The van der Waals surface area contributed by atoms with E-state index in [9.17, 15) is 14.4 Å². The molecule has 2 aromatic carbocycles. The van der Waals surface area contributed by atoms with Crippen molar-refractivity contribution >= 4 is 40.0 Å². The molecule has 1 aliphatic rings. The van der Waals surface area contributed by atoms with Gasteiger partial charge >= 0.3 is 0 Å². The lowest BCUT2D eigenvalue weighted by Gasteiger charge is -2.23. The molecule has 1 atom stereocenters. The molecule has 1 fully saturated rings. The van der Waals surface area contributed by atoms with E-state index in [0.717, 1.165) is 5.39 Å². The Kier molecular flexibility index (Phi) is 5.73. The van der Waals surface area contributed by atoms with Crippen molar-refractivity contribution in [3.8, 4) is 6.07 Å². The van der Waals surface area contributed by atoms with Gasteiger partial charge in [-0.3, -0.25) is 14.4 Å². The lowest BCUT2D eigenvalue weighted by molar-refractivity contribution is -0.136. The van der Waals surface area contributed by atoms with Gasteiger partial charge in [-0.1, -0.05) is 18.2 Å². The van der Waals surface area contributed by atoms with E-state index in [2.05, 4.69) is 10.4 Å². The van der Waals surface area contributed by atoms with E-state index in [4.69, 9.17) is 5.26 Å². The van der Waals surface area contributed by atoms with Gasteiger partial charge < -0.3 is 10.2 Å². The van der Waals surface area contributed by atoms with E-state index in [1.165, 1.54) is 21.3 Å². The first-order valence-corrected chi connectivity index (χ1v) is 10.8. The number of thioether (sulfide) groups is 1. The Morgan fingerprint density at radius 1 is 1.19 bits per heavy atom. The van der Waals surface area contributed by atoms with E-state index in [1.807, 2.05) is 18.2 Å². The molecule has 8 nitrogen and oxygen atoms in total. The Morgan fingerprint density at radius 2 is 1.90 bits per heavy atom. The predicted molar refractivity (Wildman–Crippen MR) is 118 cm³/mol. The van der Waals surface area contributed by atoms with Gasteiger partial charge in [0, 0.05) is 16.8 Å². The molecule has 31 heavy (non-hydrogen) atoms. The highest BCUT2D eigenvalue weighted by atomic mass is 32.2. The Balaban J connectivity index is 1.51. The SMILES string of the molecule is Cc1nn(CC(=O)N2CSCC2C(=O)Nc2ccc(C#N)cc2)c(=O)c2ccccc12. The van der Waals surface area contributed by atoms with Crippen molar-refractivity contribution in [2.45, 2.75) is 19.5 Å². The molecule has 2 amide bonds. The van der Waals surface area contributed by atoms with Gasteiger partial charge in [-0.2, -0.15) is 10.4 Å². The van der Waals surface area contributed by atoms with E-state index in [-0.39, 0.29) is 23.9 Å². The standard InChI is InChI=1S/C22H19N5O3S/c1-14-17-4-2-3-5-18(17)22(30)27(25-14)11-20(28)26-13-31-12-19(26)21(29)24-16-8-6-15(10-23)7-9-16/h2-9,19H,11-13H2,1H3,(H,24,29). The summed E-state index contributed by atoms with van der Waals surface area (Å²) in [6.07, 6.45) is 0. The minimum absolute atomic E-state index is 0.230. The molecule has 2 heterocycles. The first-order chi connectivity index (χ1) is 15.0. The minimum Gasteiger partial charge on any atom is -0.324 e. The smallest absolute Gasteiger partial charge is 0.275 e. The van der Waals surface area contributed by atoms with Crippen LogP contribution in [0.15, 0.2) is 53.3 Å². The molecule has 1 N–H and O–H groups in total. The van der Waals surface area contributed by atoms with Gasteiger partial charge in [0.1, 0.15) is 12.6 Å². The van der Waals surface area contributed by atoms with Crippen molar-refractivity contribution in [3.63, 3.8) is 0 Å². The van der Waals surface area contributed by atoms with Crippen LogP contribution in [0.3, 0.4) is 0 Å². The van der Waals surface area contributed by atoms with Gasteiger partial charge in [0.25, 0.3) is 5.56 Å². The number of hydrogen-bond donors (Lipinski definition) is 1. The average Bonchev–Trinajstić information content (AvgIpc) is 3.28. The quantitative estimate of drug-likeness (QED) is 0.675. The van der Waals surface area contributed by atoms with Crippen LogP contribution in [0.5, 0.6) is 0 Å². The van der Waals surface area contributed by atoms with Gasteiger partial charge in [0.05, 0.1) is 28.6 Å². The van der Waals surface area contributed by atoms with Crippen molar-refractivity contribution in [1.29, 1.82) is 5.26 Å². The molecule has 3 aromatic rings. The average molecular weight is 433 g/mol. The molecule has 0 saturated carbocycles. The molecule has 1 aliphatic heterocycles. The zero-order valence-corrected chi connectivity index (χ0v) is 17.6. The molecule has 4 rings (SSSR count). The van der Waals surface area contributed by atoms with Gasteiger partial charge in [0.15, 0.2) is 0 Å². The molecule has 0 bridgehead atoms. The number of aromatic nitrogens is 2. The van der Waals surface area contributed by atoms with E-state index < -0.39 is 6.04 Å². The second-order valence-corrected chi connectivity index (χ2v) is 8.15. The Bertz CT molecular complexity index is 1260. The number of nitrogens with zero attached hydrogens (tertiary/aromatic N) is 4. The number of benzene rings is 2. The zero-order valence-electron chi connectivity index (χ0n) is 16.7. The molecule has 156 valence electrons. The Morgan fingerprint density at radius 3 is 2.61 bits per heavy atom. The number of anilines is 1. The number of hydrogen-bond acceptors (Lipinski definition) is 6. The van der Waals surface area contributed by atoms with E-state index in [0.29, 0.717) is 34.0 Å². The second-order valence-electron chi connectivity index (χ2n) is 7.15. The predicted octanol–water partition coefficient (Wildman–Crippen LogP) is 2.12. The minimum atomic E-state index is -0.648. The van der Waals surface area contributed by atoms with Crippen LogP contribution in [-0.4, -0.2) is 44.2 Å². The van der Waals surface area contributed by atoms with Crippen LogP contribution in [0.25, 0.3) is 10.8 Å². The molecule has 1 saturated heterocycles. The van der Waals surface area contributed by atoms with Crippen LogP contribution in [-0.2, 0) is 16.1 Å². The number of nitrogens with one attached hydrogen (secondary N) is 1. The van der Waals surface area contributed by atoms with Crippen molar-refractivity contribution < 1.29 is 9.59 Å². The monoisotopic (exact) mass is 433 g/mol. The van der Waals surface area contributed by atoms with Gasteiger partial charge in [-0.05, 0) is 37.3 Å². The maximum absolute atomic E-state index is 13.0. The molecule has 1 aromatic heterocycles. The van der Waals surface area contributed by atoms with Crippen molar-refractivity contribution in [2.24, 2.45) is 0 Å². The van der Waals surface area contributed by atoms with Crippen LogP contribution < -0.4 is 10.9 Å². The van der Waals surface area contributed by atoms with Crippen LogP contribution in [0.1, 0.15) is 11.3 Å². The molecule has 0 radical (unpaired) electrons. The maximum atomic E-state index is 13.0. The fourth-order valence-corrected chi connectivity index (χ4v) is 4.67. The summed E-state index contributed by atoms with van der Waals surface area (Å²) < 4.78 is 1.17. The first-order valence-electron chi connectivity index (χ1n) is 9.62. The van der Waals surface area contributed by atoms with E-state index >= 15 is 0 Å². The van der Waals surface area contributed by atoms with Gasteiger partial charge in [0.2, 0.25) is 11.8 Å². The van der Waals surface area contributed by atoms with Gasteiger partial charge in [-0.25, -0.2) is 4.68 Å². The molecule has 1 unspecified atom stereocenters. The highest BCUT2D eigenvalue weighted by molar-refractivity contribution is 7.99. The fraction of sp³-hybridized carbons (Fsp3) is 0.227. The van der Waals surface area contributed by atoms with Crippen LogP contribution >= 0.6 is 11.8 Å². The normalized spacial score (nSPS) is 15.6. The number of rotatable bonds is 4. The third-order valence-electron chi connectivity index (χ3n) is 5.12. The fourth-order valence-electron chi connectivity index (χ4n) is 3.49. The first kappa shape index (κ1) is 20.6. The second kappa shape index (κ2) is 8.62. The third kappa shape index (κ3) is 4.15. The number of fused-ring (bicyclic) bond motifs is 1. The highest BCUT2D eigenvalue weighted by Crippen LogP contribution is 2.23. The van der Waals surface area contributed by atoms with Crippen LogP contribution in [0.2, 0.25) is 0 Å². The van der Waals surface area contributed by atoms with E-state index in [1.54, 1.807) is 43.3 Å². The highest BCUT2D eigenvalue weighted by Gasteiger charge is 2.35. The molecule has 0 aliphatic carbocycles. The summed E-state index contributed by atoms with van der Waals surface area (Å²) in [7, 11) is 0. The Hall–Kier alpha value is -3.64. The van der Waals surface area contributed by atoms with Crippen LogP contribution in [0, 0.1) is 18.3 Å². The number of carbonyl (C=O) groups is 2. The Labute approximate surface area is 182 Å². The lowest BCUT2D eigenvalue weighted by atomic mass is 10.1. The zero-order chi connectivity index (χ0) is 22.0. The summed E-state index contributed by atoms with van der Waals surface area (Å²) in [5, 5.41) is 17.2. The maximum Gasteiger partial charge on any atom is 0.275 e. The topological polar surface area (TPSA) is 108 Å². The largest absolute Gasteiger partial charge is 0.324 e. The lowest BCUT2D eigenvalue weighted by Crippen LogP contribution is -2.46. The summed E-state index contributed by atoms with van der Waals surface area (Å²) >= 11 is 1.48. The molecular formula is C22H19N5O3S. The summed E-state index contributed by atoms with van der Waals surface area (Å²) in [6.45, 7) is 1.56. The molecule has 0 spiro atoms. The number of aryl methyl sites for hydroxylation is 1. The van der Waals surface area contributed by atoms with Crippen LogP contribution in [0.4, 0.5) is 5.69 Å². The van der Waals surface area contributed by atoms with Gasteiger partial charge in [-0.15, -0.1) is 11.8 Å². The number of amides is 2. The summed E-state index contributed by atoms with van der Waals surface area (Å²) in [4.78, 5) is 40.0. The third-order valence-corrected chi connectivity index (χ3v) is 6.14. The summed E-state index contributed by atoms with van der Waals surface area (Å²) in [6, 6.07) is 15.0. The van der Waals surface area contributed by atoms with Crippen molar-refractivity contribution in [2.75, 3.05) is 16.9 Å². The summed E-state index contributed by atoms with van der Waals surface area (Å²) in [5.41, 5.74) is 1.38. The number of nitriles is 1. The van der Waals surface area contributed by atoms with Crippen molar-refractivity contribution in [3.05, 3.63) is 70.1 Å². The molecular weight excluding hydrogens is 414 g/mol. The summed E-state index contributed by atoms with van der Waals surface area (Å²) in [5.74, 6) is 0.186.